The zero-order valence-corrected chi connectivity index (χ0v) is 20.1. The second kappa shape index (κ2) is 9.76. The average Bonchev–Trinajstić information content (AvgIpc) is 2.89. The number of nitrogens with zero attached hydrogens (tertiary/aromatic N) is 5. The van der Waals surface area contributed by atoms with Crippen molar-refractivity contribution in [1.29, 1.82) is 0 Å². The van der Waals surface area contributed by atoms with Crippen LogP contribution in [-0.4, -0.2) is 51.6 Å². The van der Waals surface area contributed by atoms with Crippen LogP contribution in [0, 0.1) is 6.92 Å². The van der Waals surface area contributed by atoms with Gasteiger partial charge in [-0.2, -0.15) is 0 Å². The van der Waals surface area contributed by atoms with Crippen molar-refractivity contribution in [2.45, 2.75) is 13.5 Å². The normalized spacial score (nSPS) is 13.8. The van der Waals surface area contributed by atoms with Crippen molar-refractivity contribution in [1.82, 2.24) is 19.4 Å². The summed E-state index contributed by atoms with van der Waals surface area (Å²) in [5.74, 6) is 0.382. The molecule has 9 heteroatoms. The molecule has 1 aliphatic rings. The summed E-state index contributed by atoms with van der Waals surface area (Å²) < 4.78 is 1.67. The number of fused-ring (bicyclic) bond motifs is 1. The van der Waals surface area contributed by atoms with Crippen molar-refractivity contribution in [3.8, 4) is 0 Å². The topological polar surface area (TPSA) is 83.4 Å². The minimum Gasteiger partial charge on any atom is -0.348 e. The first-order chi connectivity index (χ1) is 17.0. The number of benzene rings is 2. The number of hydrogen-bond acceptors (Lipinski definition) is 5. The third kappa shape index (κ3) is 4.70. The van der Waals surface area contributed by atoms with E-state index in [4.69, 9.17) is 11.6 Å². The molecule has 4 aromatic rings. The molecule has 5 rings (SSSR count). The maximum absolute atomic E-state index is 13.5. The van der Waals surface area contributed by atoms with Gasteiger partial charge in [-0.3, -0.25) is 9.36 Å². The zero-order chi connectivity index (χ0) is 24.4. The predicted octanol–water partition coefficient (Wildman–Crippen LogP) is 4.16. The van der Waals surface area contributed by atoms with Gasteiger partial charge in [0.2, 0.25) is 0 Å². The van der Waals surface area contributed by atoms with Gasteiger partial charge in [0.15, 0.2) is 11.5 Å². The number of nitrogens with one attached hydrogen (secondary N) is 1. The summed E-state index contributed by atoms with van der Waals surface area (Å²) in [5, 5.41) is 3.55. The molecule has 35 heavy (non-hydrogen) atoms. The molecule has 0 spiro atoms. The van der Waals surface area contributed by atoms with Crippen LogP contribution in [0.1, 0.15) is 11.1 Å². The van der Waals surface area contributed by atoms with Gasteiger partial charge in [-0.05, 0) is 42.3 Å². The van der Waals surface area contributed by atoms with E-state index in [0.29, 0.717) is 60.4 Å². The predicted molar refractivity (Wildman–Crippen MR) is 138 cm³/mol. The molecule has 3 heterocycles. The standard InChI is InChI=1S/C26H25ClN6O2/c1-18-20(27)9-5-10-21(18)30-26(35)32-15-13-31(14-16-32)24-25(34)33(17-19-7-3-2-4-8-19)23-22(29-24)11-6-12-28-23/h2-12H,13-17H2,1H3,(H,30,35). The number of amides is 2. The Balaban J connectivity index is 1.36. The van der Waals surface area contributed by atoms with E-state index in [1.165, 1.54) is 0 Å². The number of carbonyl (C=O) groups is 1. The summed E-state index contributed by atoms with van der Waals surface area (Å²) in [7, 11) is 0. The molecule has 8 nitrogen and oxygen atoms in total. The van der Waals surface area contributed by atoms with Gasteiger partial charge in [-0.1, -0.05) is 48.0 Å². The first-order valence-electron chi connectivity index (χ1n) is 11.5. The number of anilines is 2. The van der Waals surface area contributed by atoms with Gasteiger partial charge in [0.25, 0.3) is 5.56 Å². The highest BCUT2D eigenvalue weighted by Crippen LogP contribution is 2.23. The Hall–Kier alpha value is -3.91. The lowest BCUT2D eigenvalue weighted by atomic mass is 10.2. The lowest BCUT2D eigenvalue weighted by Crippen LogP contribution is -2.51. The molecular weight excluding hydrogens is 464 g/mol. The number of pyridine rings is 1. The van der Waals surface area contributed by atoms with E-state index in [0.717, 1.165) is 11.1 Å². The van der Waals surface area contributed by atoms with Gasteiger partial charge in [-0.15, -0.1) is 0 Å². The number of carbonyl (C=O) groups excluding carboxylic acids is 1. The molecule has 0 bridgehead atoms. The monoisotopic (exact) mass is 488 g/mol. The van der Waals surface area contributed by atoms with E-state index in [-0.39, 0.29) is 11.6 Å². The molecule has 2 aromatic heterocycles. The molecule has 178 valence electrons. The highest BCUT2D eigenvalue weighted by atomic mass is 35.5. The summed E-state index contributed by atoms with van der Waals surface area (Å²) in [4.78, 5) is 39.1. The molecule has 0 aliphatic carbocycles. The van der Waals surface area contributed by atoms with Crippen molar-refractivity contribution < 1.29 is 4.79 Å². The average molecular weight is 489 g/mol. The van der Waals surface area contributed by atoms with Gasteiger partial charge in [0.05, 0.1) is 6.54 Å². The van der Waals surface area contributed by atoms with E-state index in [2.05, 4.69) is 15.3 Å². The second-order valence-electron chi connectivity index (χ2n) is 8.48. The minimum atomic E-state index is -0.188. The van der Waals surface area contributed by atoms with Crippen LogP contribution in [0.5, 0.6) is 0 Å². The van der Waals surface area contributed by atoms with Crippen molar-refractivity contribution in [2.24, 2.45) is 0 Å². The molecule has 0 unspecified atom stereocenters. The van der Waals surface area contributed by atoms with Crippen LogP contribution >= 0.6 is 11.6 Å². The lowest BCUT2D eigenvalue weighted by molar-refractivity contribution is 0.208. The fourth-order valence-corrected chi connectivity index (χ4v) is 4.41. The van der Waals surface area contributed by atoms with Crippen LogP contribution in [-0.2, 0) is 6.54 Å². The highest BCUT2D eigenvalue weighted by molar-refractivity contribution is 6.31. The molecule has 2 aromatic carbocycles. The van der Waals surface area contributed by atoms with E-state index >= 15 is 0 Å². The Labute approximate surface area is 207 Å². The van der Waals surface area contributed by atoms with Crippen molar-refractivity contribution in [3.63, 3.8) is 0 Å². The van der Waals surface area contributed by atoms with E-state index in [1.54, 1.807) is 21.7 Å². The number of hydrogen-bond donors (Lipinski definition) is 1. The van der Waals surface area contributed by atoms with Crippen molar-refractivity contribution in [3.05, 3.63) is 93.4 Å². The molecule has 1 N–H and O–H groups in total. The zero-order valence-electron chi connectivity index (χ0n) is 19.3. The molecule has 1 aliphatic heterocycles. The Morgan fingerprint density at radius 2 is 1.77 bits per heavy atom. The molecular formula is C26H25ClN6O2. The Bertz CT molecular complexity index is 1430. The summed E-state index contributed by atoms with van der Waals surface area (Å²) in [6.07, 6.45) is 1.67. The van der Waals surface area contributed by atoms with Crippen LogP contribution in [0.25, 0.3) is 11.2 Å². The van der Waals surface area contributed by atoms with Crippen LogP contribution < -0.4 is 15.8 Å². The van der Waals surface area contributed by atoms with E-state index < -0.39 is 0 Å². The number of aromatic nitrogens is 3. The van der Waals surface area contributed by atoms with Crippen molar-refractivity contribution in [2.75, 3.05) is 36.4 Å². The number of halogens is 1. The van der Waals surface area contributed by atoms with Crippen LogP contribution in [0.2, 0.25) is 5.02 Å². The number of urea groups is 1. The molecule has 1 saturated heterocycles. The smallest absolute Gasteiger partial charge is 0.321 e. The third-order valence-electron chi connectivity index (χ3n) is 6.24. The first-order valence-corrected chi connectivity index (χ1v) is 11.8. The summed E-state index contributed by atoms with van der Waals surface area (Å²) in [6.45, 7) is 4.22. The first kappa shape index (κ1) is 22.9. The molecule has 0 saturated carbocycles. The summed E-state index contributed by atoms with van der Waals surface area (Å²) in [6, 6.07) is 18.8. The van der Waals surface area contributed by atoms with Crippen LogP contribution in [0.3, 0.4) is 0 Å². The molecule has 0 radical (unpaired) electrons. The summed E-state index contributed by atoms with van der Waals surface area (Å²) in [5.41, 5.74) is 3.56. The lowest BCUT2D eigenvalue weighted by Gasteiger charge is -2.35. The largest absolute Gasteiger partial charge is 0.348 e. The Morgan fingerprint density at radius 3 is 2.54 bits per heavy atom. The SMILES string of the molecule is Cc1c(Cl)cccc1NC(=O)N1CCN(c2nc3cccnc3n(Cc3ccccc3)c2=O)CC1. The maximum atomic E-state index is 13.5. The minimum absolute atomic E-state index is 0.187. The second-order valence-corrected chi connectivity index (χ2v) is 8.88. The Kier molecular flexibility index (Phi) is 6.37. The number of rotatable bonds is 4. The maximum Gasteiger partial charge on any atom is 0.321 e. The van der Waals surface area contributed by atoms with Gasteiger partial charge in [0.1, 0.15) is 5.52 Å². The van der Waals surface area contributed by atoms with Gasteiger partial charge < -0.3 is 15.1 Å². The fourth-order valence-electron chi connectivity index (χ4n) is 4.24. The molecule has 0 atom stereocenters. The third-order valence-corrected chi connectivity index (χ3v) is 6.65. The quantitative estimate of drug-likeness (QED) is 0.466. The summed E-state index contributed by atoms with van der Waals surface area (Å²) >= 11 is 6.18. The molecule has 2 amide bonds. The Morgan fingerprint density at radius 1 is 1.00 bits per heavy atom. The highest BCUT2D eigenvalue weighted by Gasteiger charge is 2.25. The van der Waals surface area contributed by atoms with E-state index in [1.807, 2.05) is 66.4 Å². The fraction of sp³-hybridized carbons (Fsp3) is 0.231. The number of piperazine rings is 1. The van der Waals surface area contributed by atoms with Gasteiger partial charge in [-0.25, -0.2) is 14.8 Å². The van der Waals surface area contributed by atoms with Crippen LogP contribution in [0.15, 0.2) is 71.7 Å². The van der Waals surface area contributed by atoms with Gasteiger partial charge in [0, 0.05) is 43.1 Å². The van der Waals surface area contributed by atoms with Crippen LogP contribution in [0.4, 0.5) is 16.3 Å². The van der Waals surface area contributed by atoms with E-state index in [9.17, 15) is 9.59 Å². The van der Waals surface area contributed by atoms with Gasteiger partial charge >= 0.3 is 6.03 Å². The molecule has 1 fully saturated rings. The van der Waals surface area contributed by atoms with Crippen molar-refractivity contribution >= 4 is 40.3 Å².